The monoisotopic (exact) mass is 572 g/mol. The average molecular weight is 572 g/mol. The van der Waals surface area contributed by atoms with Gasteiger partial charge < -0.3 is 33.5 Å². The zero-order chi connectivity index (χ0) is 29.5. The van der Waals surface area contributed by atoms with Crippen molar-refractivity contribution in [3.05, 3.63) is 95.6 Å². The lowest BCUT2D eigenvalue weighted by atomic mass is 9.79. The van der Waals surface area contributed by atoms with E-state index in [4.69, 9.17) is 28.4 Å². The van der Waals surface area contributed by atoms with Crippen LogP contribution in [0.4, 0.5) is 0 Å². The molecule has 1 saturated heterocycles. The van der Waals surface area contributed by atoms with Gasteiger partial charge in [-0.15, -0.1) is 0 Å². The lowest BCUT2D eigenvalue weighted by molar-refractivity contribution is -0.135. The second kappa shape index (κ2) is 14.1. The number of rotatable bonds is 13. The minimum atomic E-state index is -0.862. The Balaban J connectivity index is 1.38. The Morgan fingerprint density at radius 3 is 1.93 bits per heavy atom. The zero-order valence-electron chi connectivity index (χ0n) is 25.1. The Morgan fingerprint density at radius 2 is 1.38 bits per heavy atom. The van der Waals surface area contributed by atoms with Crippen molar-refractivity contribution >= 4 is 15.7 Å². The fourth-order valence-electron chi connectivity index (χ4n) is 6.43. The van der Waals surface area contributed by atoms with E-state index in [2.05, 4.69) is 44.2 Å². The van der Waals surface area contributed by atoms with Crippen LogP contribution >= 0.6 is 0 Å². The molecule has 5 rings (SSSR count). The van der Waals surface area contributed by atoms with E-state index in [1.165, 1.54) is 0 Å². The van der Waals surface area contributed by atoms with Crippen molar-refractivity contribution in [2.75, 3.05) is 34.2 Å². The first-order valence-electron chi connectivity index (χ1n) is 14.9. The van der Waals surface area contributed by atoms with E-state index in [0.717, 1.165) is 41.0 Å². The highest BCUT2D eigenvalue weighted by molar-refractivity contribution is 6.11. The topological polar surface area (TPSA) is 75.6 Å². The summed E-state index contributed by atoms with van der Waals surface area (Å²) in [7, 11) is 7.58. The van der Waals surface area contributed by atoms with Gasteiger partial charge in [-0.3, -0.25) is 0 Å². The molecule has 1 heterocycles. The molecule has 3 aromatic rings. The summed E-state index contributed by atoms with van der Waals surface area (Å²) < 4.78 is 35.9. The first-order chi connectivity index (χ1) is 20.4. The van der Waals surface area contributed by atoms with Crippen LogP contribution in [0.25, 0.3) is 0 Å². The van der Waals surface area contributed by atoms with E-state index in [9.17, 15) is 5.11 Å². The minimum absolute atomic E-state index is 0.00792. The largest absolute Gasteiger partial charge is 0.497 e. The van der Waals surface area contributed by atoms with Gasteiger partial charge in [0.15, 0.2) is 0 Å². The Morgan fingerprint density at radius 1 is 0.786 bits per heavy atom. The minimum Gasteiger partial charge on any atom is -0.497 e. The molecule has 1 N–H and O–H groups in total. The maximum absolute atomic E-state index is 10.2. The summed E-state index contributed by atoms with van der Waals surface area (Å²) in [5.74, 6) is 2.28. The fraction of sp³-hybridized carbons (Fsp3) is 0.455. The van der Waals surface area contributed by atoms with Gasteiger partial charge in [0.2, 0.25) is 0 Å². The molecule has 9 heteroatoms. The second-order valence-corrected chi connectivity index (χ2v) is 11.6. The predicted octanol–water partition coefficient (Wildman–Crippen LogP) is 3.31. The molecular formula is C33H42B2O7. The third-order valence-corrected chi connectivity index (χ3v) is 8.61. The van der Waals surface area contributed by atoms with Gasteiger partial charge in [-0.1, -0.05) is 60.4 Å². The SMILES string of the molecule is BC1CC(COC(c2ccccc2)(c2ccc(OC)cc2)c2ccc(OC)cc2)C(OCOCC2OC(B)CC2O)C1. The maximum atomic E-state index is 10.2. The van der Waals surface area contributed by atoms with E-state index >= 15 is 0 Å². The van der Waals surface area contributed by atoms with Gasteiger partial charge in [-0.25, -0.2) is 0 Å². The van der Waals surface area contributed by atoms with E-state index in [-0.39, 0.29) is 30.9 Å². The van der Waals surface area contributed by atoms with Crippen LogP contribution in [0.2, 0.25) is 5.82 Å². The molecule has 42 heavy (non-hydrogen) atoms. The first kappa shape index (κ1) is 30.6. The van der Waals surface area contributed by atoms with E-state index in [1.807, 2.05) is 50.3 Å². The lowest BCUT2D eigenvalue weighted by Gasteiger charge is -2.37. The van der Waals surface area contributed by atoms with Crippen molar-refractivity contribution in [1.29, 1.82) is 0 Å². The number of hydrogen-bond donors (Lipinski definition) is 1. The molecule has 6 atom stereocenters. The first-order valence-corrected chi connectivity index (χ1v) is 14.9. The molecule has 0 aromatic heterocycles. The molecule has 2 aliphatic rings. The number of benzene rings is 3. The Labute approximate surface area is 251 Å². The normalized spacial score (nSPS) is 25.9. The highest BCUT2D eigenvalue weighted by Crippen LogP contribution is 2.44. The smallest absolute Gasteiger partial charge is 0.147 e. The summed E-state index contributed by atoms with van der Waals surface area (Å²) in [6.07, 6.45) is 1.80. The van der Waals surface area contributed by atoms with Crippen LogP contribution in [0.1, 0.15) is 36.0 Å². The molecule has 222 valence electrons. The molecule has 3 aromatic carbocycles. The highest BCUT2D eigenvalue weighted by Gasteiger charge is 2.41. The number of aliphatic hydroxyl groups excluding tert-OH is 1. The summed E-state index contributed by atoms with van der Waals surface area (Å²) >= 11 is 0. The van der Waals surface area contributed by atoms with Crippen LogP contribution < -0.4 is 9.47 Å². The predicted molar refractivity (Wildman–Crippen MR) is 167 cm³/mol. The molecule has 2 fully saturated rings. The molecular weight excluding hydrogens is 530 g/mol. The summed E-state index contributed by atoms with van der Waals surface area (Å²) in [6.45, 7) is 0.987. The lowest BCUT2D eigenvalue weighted by Crippen LogP contribution is -2.36. The van der Waals surface area contributed by atoms with Crippen molar-refractivity contribution in [2.24, 2.45) is 5.92 Å². The Bertz CT molecular complexity index is 1190. The molecule has 1 aliphatic carbocycles. The third kappa shape index (κ3) is 6.87. The second-order valence-electron chi connectivity index (χ2n) is 11.6. The van der Waals surface area contributed by atoms with Gasteiger partial charge in [-0.2, -0.15) is 0 Å². The van der Waals surface area contributed by atoms with E-state index in [1.54, 1.807) is 14.2 Å². The van der Waals surface area contributed by atoms with Gasteiger partial charge >= 0.3 is 0 Å². The molecule has 0 bridgehead atoms. The molecule has 1 saturated carbocycles. The number of ether oxygens (including phenoxy) is 6. The van der Waals surface area contributed by atoms with Crippen molar-refractivity contribution in [3.8, 4) is 11.5 Å². The van der Waals surface area contributed by atoms with Crippen LogP contribution in [0.5, 0.6) is 11.5 Å². The van der Waals surface area contributed by atoms with Gasteiger partial charge in [0.05, 0.1) is 39.6 Å². The summed E-state index contributed by atoms with van der Waals surface area (Å²) in [6, 6.07) is 26.6. The Hall–Kier alpha value is -2.81. The quantitative estimate of drug-likeness (QED) is 0.146. The molecule has 6 unspecified atom stereocenters. The van der Waals surface area contributed by atoms with Crippen LogP contribution in [0.3, 0.4) is 0 Å². The van der Waals surface area contributed by atoms with Crippen LogP contribution in [-0.2, 0) is 24.5 Å². The molecule has 0 radical (unpaired) electrons. The van der Waals surface area contributed by atoms with Crippen molar-refractivity contribution in [1.82, 2.24) is 0 Å². The van der Waals surface area contributed by atoms with Gasteiger partial charge in [0, 0.05) is 11.9 Å². The van der Waals surface area contributed by atoms with E-state index < -0.39 is 11.7 Å². The maximum Gasteiger partial charge on any atom is 0.147 e. The molecule has 0 amide bonds. The van der Waals surface area contributed by atoms with Crippen molar-refractivity contribution < 1.29 is 33.5 Å². The Kier molecular flexibility index (Phi) is 10.3. The van der Waals surface area contributed by atoms with Crippen LogP contribution in [-0.4, -0.2) is 79.3 Å². The van der Waals surface area contributed by atoms with E-state index in [0.29, 0.717) is 25.5 Å². The standard InChI is InChI=1S/C33H42B2O7/c1-37-27-12-8-24(9-13-27)33(23-6-4-3-5-7-23,25-10-14-28(38-2)15-11-25)41-19-22-16-26(34)17-30(22)40-21-39-20-31-29(36)18-32(35)42-31/h3-15,22,26,29-32,36H,16-21,34-35H2,1-2H3. The summed E-state index contributed by atoms with van der Waals surface area (Å²) in [5.41, 5.74) is 2.20. The van der Waals surface area contributed by atoms with Gasteiger partial charge in [0.1, 0.15) is 45.7 Å². The third-order valence-electron chi connectivity index (χ3n) is 8.61. The summed E-state index contributed by atoms with van der Waals surface area (Å²) in [4.78, 5) is 0. The van der Waals surface area contributed by atoms with Crippen molar-refractivity contribution in [3.63, 3.8) is 0 Å². The van der Waals surface area contributed by atoms with Gasteiger partial charge in [0.25, 0.3) is 0 Å². The zero-order valence-corrected chi connectivity index (χ0v) is 25.1. The molecule has 0 spiro atoms. The number of hydrogen-bond acceptors (Lipinski definition) is 7. The molecule has 1 aliphatic heterocycles. The van der Waals surface area contributed by atoms with Crippen LogP contribution in [0, 0.1) is 5.92 Å². The average Bonchev–Trinajstić information content (AvgIpc) is 3.55. The summed E-state index contributed by atoms with van der Waals surface area (Å²) in [5, 5.41) is 10.2. The fourth-order valence-corrected chi connectivity index (χ4v) is 6.43. The molecule has 7 nitrogen and oxygen atoms in total. The number of methoxy groups -OCH3 is 2. The highest BCUT2D eigenvalue weighted by atomic mass is 16.7. The van der Waals surface area contributed by atoms with Crippen LogP contribution in [0.15, 0.2) is 78.9 Å². The number of aliphatic hydroxyl groups is 1. The van der Waals surface area contributed by atoms with Crippen molar-refractivity contribution in [2.45, 2.75) is 55.0 Å². The van der Waals surface area contributed by atoms with Gasteiger partial charge in [-0.05, 0) is 60.2 Å².